The fourth-order valence-electron chi connectivity index (χ4n) is 3.15. The molecule has 26 heavy (non-hydrogen) atoms. The van der Waals surface area contributed by atoms with Crippen LogP contribution in [0.2, 0.25) is 0 Å². The number of nitrogens with zero attached hydrogens (tertiary/aromatic N) is 3. The highest BCUT2D eigenvalue weighted by atomic mass is 16.5. The van der Waals surface area contributed by atoms with Gasteiger partial charge in [-0.15, -0.1) is 0 Å². The van der Waals surface area contributed by atoms with E-state index in [1.54, 1.807) is 25.4 Å². The SMILES string of the molecule is COc1cccc2cc(C(=O)NCc3nccc(N4CCCC4)n3)oc12. The molecule has 0 saturated carbocycles. The third-order valence-electron chi connectivity index (χ3n) is 4.48. The van der Waals surface area contributed by atoms with Crippen LogP contribution in [0.15, 0.2) is 40.9 Å². The number of fused-ring (bicyclic) bond motifs is 1. The predicted octanol–water partition coefficient (Wildman–Crippen LogP) is 2.76. The fourth-order valence-corrected chi connectivity index (χ4v) is 3.15. The lowest BCUT2D eigenvalue weighted by atomic mass is 10.2. The van der Waals surface area contributed by atoms with Crippen LogP contribution < -0.4 is 15.0 Å². The Labute approximate surface area is 151 Å². The van der Waals surface area contributed by atoms with Gasteiger partial charge in [-0.05, 0) is 31.0 Å². The van der Waals surface area contributed by atoms with Crippen LogP contribution in [0, 0.1) is 0 Å². The molecule has 1 saturated heterocycles. The summed E-state index contributed by atoms with van der Waals surface area (Å²) < 4.78 is 10.9. The average molecular weight is 352 g/mol. The van der Waals surface area contributed by atoms with Crippen LogP contribution in [0.25, 0.3) is 11.0 Å². The van der Waals surface area contributed by atoms with Gasteiger partial charge in [0.05, 0.1) is 13.7 Å². The van der Waals surface area contributed by atoms with Crippen LogP contribution in [0.1, 0.15) is 29.2 Å². The molecular weight excluding hydrogens is 332 g/mol. The number of hydrogen-bond acceptors (Lipinski definition) is 6. The summed E-state index contributed by atoms with van der Waals surface area (Å²) in [6.45, 7) is 2.28. The van der Waals surface area contributed by atoms with E-state index in [0.29, 0.717) is 17.2 Å². The van der Waals surface area contributed by atoms with Gasteiger partial charge in [-0.25, -0.2) is 9.97 Å². The lowest BCUT2D eigenvalue weighted by Gasteiger charge is -2.16. The van der Waals surface area contributed by atoms with Gasteiger partial charge in [0, 0.05) is 24.7 Å². The maximum Gasteiger partial charge on any atom is 0.287 e. The zero-order valence-electron chi connectivity index (χ0n) is 14.6. The van der Waals surface area contributed by atoms with Crippen LogP contribution in [0.3, 0.4) is 0 Å². The first-order valence-corrected chi connectivity index (χ1v) is 8.66. The highest BCUT2D eigenvalue weighted by molar-refractivity contribution is 5.97. The first-order valence-electron chi connectivity index (χ1n) is 8.66. The van der Waals surface area contributed by atoms with E-state index in [2.05, 4.69) is 20.2 Å². The Morgan fingerprint density at radius 1 is 1.31 bits per heavy atom. The summed E-state index contributed by atoms with van der Waals surface area (Å²) in [4.78, 5) is 23.4. The largest absolute Gasteiger partial charge is 0.493 e. The van der Waals surface area contributed by atoms with Gasteiger partial charge in [0.1, 0.15) is 11.6 Å². The molecule has 3 aromatic rings. The minimum atomic E-state index is -0.307. The first-order chi connectivity index (χ1) is 12.7. The molecule has 134 valence electrons. The number of ether oxygens (including phenoxy) is 1. The molecule has 1 aliphatic rings. The van der Waals surface area contributed by atoms with Crippen LogP contribution in [-0.4, -0.2) is 36.1 Å². The number of carbonyl (C=O) groups excluding carboxylic acids is 1. The van der Waals surface area contributed by atoms with E-state index < -0.39 is 0 Å². The summed E-state index contributed by atoms with van der Waals surface area (Å²) in [6.07, 6.45) is 4.10. The van der Waals surface area contributed by atoms with E-state index in [1.807, 2.05) is 18.2 Å². The van der Waals surface area contributed by atoms with E-state index in [9.17, 15) is 4.79 Å². The molecule has 2 aromatic heterocycles. The minimum absolute atomic E-state index is 0.236. The second kappa shape index (κ2) is 7.03. The van der Waals surface area contributed by atoms with E-state index in [1.165, 1.54) is 12.8 Å². The molecule has 3 heterocycles. The maximum absolute atomic E-state index is 12.4. The number of aromatic nitrogens is 2. The number of hydrogen-bond donors (Lipinski definition) is 1. The van der Waals surface area contributed by atoms with Gasteiger partial charge in [-0.1, -0.05) is 12.1 Å². The molecule has 1 N–H and O–H groups in total. The number of carbonyl (C=O) groups is 1. The Morgan fingerprint density at radius 2 is 2.15 bits per heavy atom. The van der Waals surface area contributed by atoms with Crippen molar-refractivity contribution in [3.8, 4) is 5.75 Å². The van der Waals surface area contributed by atoms with Crippen molar-refractivity contribution >= 4 is 22.7 Å². The topological polar surface area (TPSA) is 80.5 Å². The number of furan rings is 1. The van der Waals surface area contributed by atoms with Gasteiger partial charge in [0.25, 0.3) is 5.91 Å². The zero-order valence-corrected chi connectivity index (χ0v) is 14.6. The van der Waals surface area contributed by atoms with Crippen molar-refractivity contribution in [1.82, 2.24) is 15.3 Å². The fraction of sp³-hybridized carbons (Fsp3) is 0.316. The molecular formula is C19H20N4O3. The molecule has 7 nitrogen and oxygen atoms in total. The van der Waals surface area contributed by atoms with Gasteiger partial charge in [-0.2, -0.15) is 0 Å². The van der Waals surface area contributed by atoms with Crippen LogP contribution in [-0.2, 0) is 6.54 Å². The molecule has 0 spiro atoms. The van der Waals surface area contributed by atoms with E-state index >= 15 is 0 Å². The van der Waals surface area contributed by atoms with Crippen LogP contribution in [0.5, 0.6) is 5.75 Å². The lowest BCUT2D eigenvalue weighted by Crippen LogP contribution is -2.25. The van der Waals surface area contributed by atoms with E-state index in [0.717, 1.165) is 24.3 Å². The number of amides is 1. The third-order valence-corrected chi connectivity index (χ3v) is 4.48. The normalized spacial score (nSPS) is 14.0. The summed E-state index contributed by atoms with van der Waals surface area (Å²) in [5.41, 5.74) is 0.562. The molecule has 1 aliphatic heterocycles. The van der Waals surface area contributed by atoms with E-state index in [4.69, 9.17) is 9.15 Å². The number of anilines is 1. The van der Waals surface area contributed by atoms with Gasteiger partial charge < -0.3 is 19.4 Å². The van der Waals surface area contributed by atoms with Crippen LogP contribution in [0.4, 0.5) is 5.82 Å². The molecule has 0 unspecified atom stereocenters. The van der Waals surface area contributed by atoms with Gasteiger partial charge in [-0.3, -0.25) is 4.79 Å². The van der Waals surface area contributed by atoms with Crippen LogP contribution >= 0.6 is 0 Å². The van der Waals surface area contributed by atoms with Crippen molar-refractivity contribution in [2.45, 2.75) is 19.4 Å². The van der Waals surface area contributed by atoms with Gasteiger partial charge in [0.15, 0.2) is 17.1 Å². The number of rotatable bonds is 5. The number of benzene rings is 1. The molecule has 0 radical (unpaired) electrons. The van der Waals surface area contributed by atoms with Crippen molar-refractivity contribution in [1.29, 1.82) is 0 Å². The molecule has 0 aliphatic carbocycles. The minimum Gasteiger partial charge on any atom is -0.493 e. The third kappa shape index (κ3) is 3.20. The summed E-state index contributed by atoms with van der Waals surface area (Å²) in [5, 5.41) is 3.64. The number of para-hydroxylation sites is 1. The standard InChI is InChI=1S/C19H20N4O3/c1-25-14-6-4-5-13-11-15(26-18(13)14)19(24)21-12-16-20-8-7-17(22-16)23-9-2-3-10-23/h4-8,11H,2-3,9-10,12H2,1H3,(H,21,24). The monoisotopic (exact) mass is 352 g/mol. The molecule has 1 aromatic carbocycles. The summed E-state index contributed by atoms with van der Waals surface area (Å²) in [5.74, 6) is 2.02. The second-order valence-corrected chi connectivity index (χ2v) is 6.20. The highest BCUT2D eigenvalue weighted by Gasteiger charge is 2.16. The van der Waals surface area contributed by atoms with Crippen molar-refractivity contribution in [2.75, 3.05) is 25.1 Å². The molecule has 4 rings (SSSR count). The van der Waals surface area contributed by atoms with Crippen molar-refractivity contribution in [3.05, 3.63) is 48.1 Å². The molecule has 0 atom stereocenters. The quantitative estimate of drug-likeness (QED) is 0.760. The number of methoxy groups -OCH3 is 1. The molecule has 1 fully saturated rings. The second-order valence-electron chi connectivity index (χ2n) is 6.20. The molecule has 7 heteroatoms. The Bertz CT molecular complexity index is 931. The Hall–Kier alpha value is -3.09. The summed E-state index contributed by atoms with van der Waals surface area (Å²) in [6, 6.07) is 9.14. The summed E-state index contributed by atoms with van der Waals surface area (Å²) >= 11 is 0. The maximum atomic E-state index is 12.4. The smallest absolute Gasteiger partial charge is 0.287 e. The molecule has 1 amide bonds. The average Bonchev–Trinajstić information content (AvgIpc) is 3.35. The predicted molar refractivity (Wildman–Crippen MR) is 97.4 cm³/mol. The zero-order chi connectivity index (χ0) is 17.9. The Morgan fingerprint density at radius 3 is 2.96 bits per heavy atom. The summed E-state index contributed by atoms with van der Waals surface area (Å²) in [7, 11) is 1.57. The number of nitrogens with one attached hydrogen (secondary N) is 1. The van der Waals surface area contributed by atoms with Crippen molar-refractivity contribution < 1.29 is 13.9 Å². The Balaban J connectivity index is 1.46. The Kier molecular flexibility index (Phi) is 4.43. The molecule has 0 bridgehead atoms. The van der Waals surface area contributed by atoms with Gasteiger partial charge in [0.2, 0.25) is 0 Å². The van der Waals surface area contributed by atoms with Crippen molar-refractivity contribution in [2.24, 2.45) is 0 Å². The van der Waals surface area contributed by atoms with Crippen molar-refractivity contribution in [3.63, 3.8) is 0 Å². The van der Waals surface area contributed by atoms with E-state index in [-0.39, 0.29) is 18.2 Å². The highest BCUT2D eigenvalue weighted by Crippen LogP contribution is 2.28. The van der Waals surface area contributed by atoms with Gasteiger partial charge >= 0.3 is 0 Å². The lowest BCUT2D eigenvalue weighted by molar-refractivity contribution is 0.0924. The first kappa shape index (κ1) is 16.4.